The lowest BCUT2D eigenvalue weighted by Gasteiger charge is -2.21. The molecule has 2 nitrogen and oxygen atoms in total. The Labute approximate surface area is 80.7 Å². The third kappa shape index (κ3) is 2.98. The summed E-state index contributed by atoms with van der Waals surface area (Å²) in [7, 11) is 1.92. The van der Waals surface area contributed by atoms with Crippen molar-refractivity contribution < 1.29 is 4.74 Å². The second-order valence-corrected chi connectivity index (χ2v) is 3.41. The van der Waals surface area contributed by atoms with Gasteiger partial charge in [0, 0.05) is 6.61 Å². The summed E-state index contributed by atoms with van der Waals surface area (Å²) < 4.78 is 5.55. The van der Waals surface area contributed by atoms with E-state index in [4.69, 9.17) is 4.74 Å². The van der Waals surface area contributed by atoms with Crippen LogP contribution in [0.2, 0.25) is 0 Å². The molecule has 2 unspecified atom stereocenters. The summed E-state index contributed by atoms with van der Waals surface area (Å²) in [6.07, 6.45) is 7.84. The summed E-state index contributed by atoms with van der Waals surface area (Å²) in [6, 6.07) is 0. The number of hydrogen-bond acceptors (Lipinski definition) is 2. The van der Waals surface area contributed by atoms with Crippen molar-refractivity contribution in [2.45, 2.75) is 26.5 Å². The van der Waals surface area contributed by atoms with Crippen molar-refractivity contribution in [1.29, 1.82) is 0 Å². The lowest BCUT2D eigenvalue weighted by Crippen LogP contribution is -2.30. The van der Waals surface area contributed by atoms with Gasteiger partial charge < -0.3 is 4.74 Å². The van der Waals surface area contributed by atoms with Crippen LogP contribution in [-0.2, 0) is 4.74 Å². The molecule has 0 heterocycles. The van der Waals surface area contributed by atoms with E-state index in [9.17, 15) is 0 Å². The lowest BCUT2D eigenvalue weighted by atomic mass is 9.97. The Kier molecular flexibility index (Phi) is 4.19. The van der Waals surface area contributed by atoms with Gasteiger partial charge in [0.15, 0.2) is 0 Å². The Morgan fingerprint density at radius 1 is 1.69 bits per heavy atom. The summed E-state index contributed by atoms with van der Waals surface area (Å²) >= 11 is 0. The number of allylic oxidation sites excluding steroid dienone is 2. The molecular formula is C11H19NO. The van der Waals surface area contributed by atoms with Gasteiger partial charge in [-0.15, -0.1) is 0 Å². The third-order valence-corrected chi connectivity index (χ3v) is 2.19. The van der Waals surface area contributed by atoms with Crippen LogP contribution in [0.25, 0.3) is 0 Å². The maximum Gasteiger partial charge on any atom is 0.133 e. The van der Waals surface area contributed by atoms with Gasteiger partial charge in [0.1, 0.15) is 6.23 Å². The fourth-order valence-electron chi connectivity index (χ4n) is 1.56. The highest BCUT2D eigenvalue weighted by atomic mass is 16.5. The van der Waals surface area contributed by atoms with E-state index in [2.05, 4.69) is 30.5 Å². The van der Waals surface area contributed by atoms with Gasteiger partial charge in [-0.05, 0) is 31.9 Å². The fraction of sp³-hybridized carbons (Fsp3) is 0.636. The van der Waals surface area contributed by atoms with Crippen LogP contribution < -0.4 is 5.32 Å². The molecule has 13 heavy (non-hydrogen) atoms. The second kappa shape index (κ2) is 5.20. The Morgan fingerprint density at radius 3 is 3.00 bits per heavy atom. The second-order valence-electron chi connectivity index (χ2n) is 3.41. The van der Waals surface area contributed by atoms with E-state index in [0.717, 1.165) is 13.0 Å². The zero-order valence-electron chi connectivity index (χ0n) is 8.71. The molecule has 74 valence electrons. The van der Waals surface area contributed by atoms with Gasteiger partial charge in [0.05, 0.1) is 0 Å². The summed E-state index contributed by atoms with van der Waals surface area (Å²) in [5, 5.41) is 3.15. The molecule has 0 bridgehead atoms. The Hall–Kier alpha value is -0.600. The van der Waals surface area contributed by atoms with Crippen molar-refractivity contribution in [3.05, 3.63) is 23.8 Å². The number of rotatable bonds is 4. The number of likely N-dealkylation sites (N-methyl/N-ethyl adjacent to an activating group) is 1. The largest absolute Gasteiger partial charge is 0.359 e. The molecule has 0 radical (unpaired) electrons. The van der Waals surface area contributed by atoms with Crippen molar-refractivity contribution in [3.8, 4) is 0 Å². The molecule has 2 heteroatoms. The Balaban J connectivity index is 2.61. The minimum atomic E-state index is 0.0593. The van der Waals surface area contributed by atoms with Crippen LogP contribution in [0.5, 0.6) is 0 Å². The van der Waals surface area contributed by atoms with E-state index in [1.54, 1.807) is 0 Å². The predicted octanol–water partition coefficient (Wildman–Crippen LogP) is 2.09. The van der Waals surface area contributed by atoms with Crippen molar-refractivity contribution in [2.75, 3.05) is 13.7 Å². The molecule has 0 aliphatic heterocycles. The molecular weight excluding hydrogens is 162 g/mol. The highest BCUT2D eigenvalue weighted by Gasteiger charge is 2.12. The number of hydrogen-bond donors (Lipinski definition) is 1. The first-order valence-corrected chi connectivity index (χ1v) is 4.95. The summed E-state index contributed by atoms with van der Waals surface area (Å²) in [5.74, 6) is 0.635. The first-order chi connectivity index (χ1) is 6.27. The third-order valence-electron chi connectivity index (χ3n) is 2.19. The lowest BCUT2D eigenvalue weighted by molar-refractivity contribution is 0.0716. The molecule has 0 amide bonds. The van der Waals surface area contributed by atoms with Crippen LogP contribution in [0.15, 0.2) is 23.8 Å². The molecule has 1 aliphatic carbocycles. The van der Waals surface area contributed by atoms with E-state index in [0.29, 0.717) is 5.92 Å². The summed E-state index contributed by atoms with van der Waals surface area (Å²) in [6.45, 7) is 4.98. The van der Waals surface area contributed by atoms with Crippen molar-refractivity contribution >= 4 is 0 Å². The zero-order chi connectivity index (χ0) is 9.68. The predicted molar refractivity (Wildman–Crippen MR) is 55.5 cm³/mol. The SMILES string of the molecule is CCOC(NC)C1=CC(C)CC=C1. The molecule has 0 aromatic carbocycles. The monoisotopic (exact) mass is 181 g/mol. The minimum absolute atomic E-state index is 0.0593. The van der Waals surface area contributed by atoms with Crippen LogP contribution in [0.4, 0.5) is 0 Å². The van der Waals surface area contributed by atoms with Gasteiger partial charge >= 0.3 is 0 Å². The van der Waals surface area contributed by atoms with Crippen LogP contribution in [0.1, 0.15) is 20.3 Å². The molecule has 1 rings (SSSR count). The molecule has 2 atom stereocenters. The molecule has 0 aromatic rings. The molecule has 0 saturated carbocycles. The van der Waals surface area contributed by atoms with E-state index in [1.165, 1.54) is 5.57 Å². The van der Waals surface area contributed by atoms with Gasteiger partial charge in [-0.2, -0.15) is 0 Å². The van der Waals surface area contributed by atoms with E-state index in [-0.39, 0.29) is 6.23 Å². The maximum absolute atomic E-state index is 5.55. The van der Waals surface area contributed by atoms with Gasteiger partial charge in [-0.25, -0.2) is 0 Å². The van der Waals surface area contributed by atoms with Gasteiger partial charge in [0.2, 0.25) is 0 Å². The highest BCUT2D eigenvalue weighted by Crippen LogP contribution is 2.18. The maximum atomic E-state index is 5.55. The standard InChI is InChI=1S/C11H19NO/c1-4-13-11(12-3)10-7-5-6-9(2)8-10/h5,7-9,11-12H,4,6H2,1-3H3. The first-order valence-electron chi connectivity index (χ1n) is 4.95. The average molecular weight is 181 g/mol. The quantitative estimate of drug-likeness (QED) is 0.670. The number of nitrogens with one attached hydrogen (secondary N) is 1. The topological polar surface area (TPSA) is 21.3 Å². The van der Waals surface area contributed by atoms with Crippen molar-refractivity contribution in [3.63, 3.8) is 0 Å². The van der Waals surface area contributed by atoms with E-state index >= 15 is 0 Å². The molecule has 0 aromatic heterocycles. The highest BCUT2D eigenvalue weighted by molar-refractivity contribution is 5.26. The molecule has 0 spiro atoms. The van der Waals surface area contributed by atoms with Crippen LogP contribution >= 0.6 is 0 Å². The van der Waals surface area contributed by atoms with Crippen LogP contribution in [0.3, 0.4) is 0 Å². The minimum Gasteiger partial charge on any atom is -0.359 e. The summed E-state index contributed by atoms with van der Waals surface area (Å²) in [4.78, 5) is 0. The number of ether oxygens (including phenoxy) is 1. The molecule has 0 fully saturated rings. The Bertz CT molecular complexity index is 208. The van der Waals surface area contributed by atoms with Gasteiger partial charge in [0.25, 0.3) is 0 Å². The van der Waals surface area contributed by atoms with E-state index < -0.39 is 0 Å². The summed E-state index contributed by atoms with van der Waals surface area (Å²) in [5.41, 5.74) is 1.25. The fourth-order valence-corrected chi connectivity index (χ4v) is 1.56. The Morgan fingerprint density at radius 2 is 2.46 bits per heavy atom. The van der Waals surface area contributed by atoms with Gasteiger partial charge in [-0.3, -0.25) is 5.32 Å². The molecule has 1 N–H and O–H groups in total. The molecule has 0 saturated heterocycles. The van der Waals surface area contributed by atoms with Gasteiger partial charge in [-0.1, -0.05) is 25.2 Å². The first kappa shape index (κ1) is 10.5. The van der Waals surface area contributed by atoms with Crippen molar-refractivity contribution in [2.24, 2.45) is 5.92 Å². The van der Waals surface area contributed by atoms with E-state index in [1.807, 2.05) is 14.0 Å². The van der Waals surface area contributed by atoms with Crippen molar-refractivity contribution in [1.82, 2.24) is 5.32 Å². The normalized spacial score (nSPS) is 24.2. The van der Waals surface area contributed by atoms with Crippen LogP contribution in [-0.4, -0.2) is 19.9 Å². The van der Waals surface area contributed by atoms with Crippen LogP contribution in [0, 0.1) is 5.92 Å². The zero-order valence-corrected chi connectivity index (χ0v) is 8.71. The molecule has 1 aliphatic rings. The average Bonchev–Trinajstić information content (AvgIpc) is 2.14. The smallest absolute Gasteiger partial charge is 0.133 e.